The summed E-state index contributed by atoms with van der Waals surface area (Å²) in [5, 5.41) is 1.22. The van der Waals surface area contributed by atoms with Crippen LogP contribution in [0.25, 0.3) is 11.3 Å². The van der Waals surface area contributed by atoms with E-state index in [4.69, 9.17) is 23.2 Å². The summed E-state index contributed by atoms with van der Waals surface area (Å²) in [6, 6.07) is 5.44. The number of hydrogen-bond donors (Lipinski definition) is 0. The van der Waals surface area contributed by atoms with Crippen LogP contribution in [0.5, 0.6) is 0 Å². The average Bonchev–Trinajstić information content (AvgIpc) is 2.39. The summed E-state index contributed by atoms with van der Waals surface area (Å²) < 4.78 is 0.806. The number of aromatic nitrogens is 2. The van der Waals surface area contributed by atoms with Crippen molar-refractivity contribution >= 4 is 39.1 Å². The Kier molecular flexibility index (Phi) is 4.82. The molecule has 0 aliphatic rings. The molecule has 1 aromatic heterocycles. The van der Waals surface area contributed by atoms with Crippen LogP contribution in [0.3, 0.4) is 0 Å². The number of rotatable bonds is 3. The van der Waals surface area contributed by atoms with Crippen LogP contribution in [-0.4, -0.2) is 9.97 Å². The van der Waals surface area contributed by atoms with Crippen molar-refractivity contribution in [2.45, 2.75) is 26.7 Å². The van der Waals surface area contributed by atoms with E-state index < -0.39 is 0 Å². The molecule has 100 valence electrons. The molecule has 0 N–H and O–H groups in total. The van der Waals surface area contributed by atoms with Gasteiger partial charge in [0.05, 0.1) is 22.1 Å². The van der Waals surface area contributed by atoms with Crippen LogP contribution in [-0.2, 0) is 12.8 Å². The number of hydrogen-bond acceptors (Lipinski definition) is 2. The maximum absolute atomic E-state index is 6.26. The molecule has 0 aliphatic heterocycles. The summed E-state index contributed by atoms with van der Waals surface area (Å²) in [6.07, 6.45) is 1.61. The Hall–Kier alpha value is -0.640. The Labute approximate surface area is 131 Å². The van der Waals surface area contributed by atoms with E-state index in [-0.39, 0.29) is 0 Å². The van der Waals surface area contributed by atoms with E-state index in [2.05, 4.69) is 32.8 Å². The monoisotopic (exact) mass is 358 g/mol. The van der Waals surface area contributed by atoms with Crippen molar-refractivity contribution in [2.24, 2.45) is 0 Å². The summed E-state index contributed by atoms with van der Waals surface area (Å²) in [6.45, 7) is 4.10. The molecule has 1 heterocycles. The maximum atomic E-state index is 6.26. The first-order chi connectivity index (χ1) is 9.06. The van der Waals surface area contributed by atoms with Gasteiger partial charge in [-0.15, -0.1) is 0 Å². The predicted octanol–water partition coefficient (Wildman–Crippen LogP) is 5.34. The van der Waals surface area contributed by atoms with Crippen LogP contribution in [0.2, 0.25) is 10.0 Å². The Morgan fingerprint density at radius 3 is 2.32 bits per heavy atom. The highest BCUT2D eigenvalue weighted by atomic mass is 79.9. The summed E-state index contributed by atoms with van der Waals surface area (Å²) in [5.74, 6) is 0. The van der Waals surface area contributed by atoms with Gasteiger partial charge in [0.25, 0.3) is 0 Å². The summed E-state index contributed by atoms with van der Waals surface area (Å²) >= 11 is 15.7. The van der Waals surface area contributed by atoms with Crippen LogP contribution in [0, 0.1) is 0 Å². The maximum Gasteiger partial charge on any atom is 0.127 e. The quantitative estimate of drug-likeness (QED) is 0.739. The van der Waals surface area contributed by atoms with Gasteiger partial charge in [-0.2, -0.15) is 0 Å². The van der Waals surface area contributed by atoms with Gasteiger partial charge < -0.3 is 0 Å². The highest BCUT2D eigenvalue weighted by Gasteiger charge is 2.14. The normalized spacial score (nSPS) is 10.8. The van der Waals surface area contributed by atoms with Crippen molar-refractivity contribution in [1.29, 1.82) is 0 Å². The minimum absolute atomic E-state index is 0.598. The SMILES string of the molecule is CCc1nc(-c2ccc(Cl)cc2Cl)c(CC)nc1Br. The molecule has 19 heavy (non-hydrogen) atoms. The number of benzene rings is 1. The molecule has 0 bridgehead atoms. The third kappa shape index (κ3) is 3.10. The molecule has 0 unspecified atom stereocenters. The molecule has 0 fully saturated rings. The topological polar surface area (TPSA) is 25.8 Å². The minimum Gasteiger partial charge on any atom is -0.248 e. The van der Waals surface area contributed by atoms with E-state index in [9.17, 15) is 0 Å². The van der Waals surface area contributed by atoms with Crippen LogP contribution >= 0.6 is 39.1 Å². The molecular weight excluding hydrogens is 347 g/mol. The molecule has 5 heteroatoms. The second-order valence-corrected chi connectivity index (χ2v) is 5.68. The van der Waals surface area contributed by atoms with Crippen LogP contribution in [0.4, 0.5) is 0 Å². The van der Waals surface area contributed by atoms with Crippen molar-refractivity contribution in [3.8, 4) is 11.3 Å². The van der Waals surface area contributed by atoms with Crippen molar-refractivity contribution in [1.82, 2.24) is 9.97 Å². The van der Waals surface area contributed by atoms with Gasteiger partial charge in [-0.05, 0) is 47.0 Å². The van der Waals surface area contributed by atoms with E-state index >= 15 is 0 Å². The van der Waals surface area contributed by atoms with Crippen molar-refractivity contribution in [2.75, 3.05) is 0 Å². The number of halogens is 3. The van der Waals surface area contributed by atoms with Gasteiger partial charge in [0, 0.05) is 10.6 Å². The highest BCUT2D eigenvalue weighted by molar-refractivity contribution is 9.10. The van der Waals surface area contributed by atoms with Crippen molar-refractivity contribution in [3.63, 3.8) is 0 Å². The largest absolute Gasteiger partial charge is 0.248 e. The molecule has 0 saturated heterocycles. The van der Waals surface area contributed by atoms with Crippen LogP contribution in [0.15, 0.2) is 22.8 Å². The van der Waals surface area contributed by atoms with Gasteiger partial charge in [0.15, 0.2) is 0 Å². The smallest absolute Gasteiger partial charge is 0.127 e. The Bertz CT molecular complexity index is 615. The Morgan fingerprint density at radius 2 is 1.74 bits per heavy atom. The van der Waals surface area contributed by atoms with E-state index in [1.54, 1.807) is 6.07 Å². The molecule has 1 aromatic carbocycles. The molecule has 0 saturated carbocycles. The summed E-state index contributed by atoms with van der Waals surface area (Å²) in [4.78, 5) is 9.25. The molecule has 0 amide bonds. The van der Waals surface area contributed by atoms with Crippen LogP contribution in [0.1, 0.15) is 25.2 Å². The fourth-order valence-corrected chi connectivity index (χ4v) is 2.93. The average molecular weight is 360 g/mol. The second kappa shape index (κ2) is 6.21. The summed E-state index contributed by atoms with van der Waals surface area (Å²) in [7, 11) is 0. The first kappa shape index (κ1) is 14.8. The van der Waals surface area contributed by atoms with E-state index in [1.165, 1.54) is 0 Å². The van der Waals surface area contributed by atoms with Gasteiger partial charge in [0.2, 0.25) is 0 Å². The Morgan fingerprint density at radius 1 is 1.05 bits per heavy atom. The highest BCUT2D eigenvalue weighted by Crippen LogP contribution is 2.32. The predicted molar refractivity (Wildman–Crippen MR) is 83.9 cm³/mol. The van der Waals surface area contributed by atoms with Gasteiger partial charge in [-0.1, -0.05) is 37.0 Å². The zero-order valence-corrected chi connectivity index (χ0v) is 13.8. The third-order valence-electron chi connectivity index (χ3n) is 2.85. The van der Waals surface area contributed by atoms with E-state index in [1.807, 2.05) is 19.1 Å². The molecular formula is C14H13BrCl2N2. The van der Waals surface area contributed by atoms with E-state index in [0.717, 1.165) is 40.1 Å². The lowest BCUT2D eigenvalue weighted by molar-refractivity contribution is 0.923. The zero-order chi connectivity index (χ0) is 14.0. The molecule has 0 radical (unpaired) electrons. The molecule has 2 nitrogen and oxygen atoms in total. The fourth-order valence-electron chi connectivity index (χ4n) is 1.85. The lowest BCUT2D eigenvalue weighted by Gasteiger charge is -2.11. The lowest BCUT2D eigenvalue weighted by Crippen LogP contribution is -2.02. The lowest BCUT2D eigenvalue weighted by atomic mass is 10.1. The molecule has 0 atom stereocenters. The second-order valence-electron chi connectivity index (χ2n) is 4.09. The van der Waals surface area contributed by atoms with Gasteiger partial charge in [-0.25, -0.2) is 9.97 Å². The van der Waals surface area contributed by atoms with Crippen LogP contribution < -0.4 is 0 Å². The molecule has 2 rings (SSSR count). The molecule has 0 spiro atoms. The van der Waals surface area contributed by atoms with Gasteiger partial charge in [0.1, 0.15) is 4.60 Å². The van der Waals surface area contributed by atoms with E-state index in [0.29, 0.717) is 10.0 Å². The first-order valence-electron chi connectivity index (χ1n) is 6.07. The molecule has 2 aromatic rings. The summed E-state index contributed by atoms with van der Waals surface area (Å²) in [5.41, 5.74) is 3.56. The minimum atomic E-state index is 0.598. The third-order valence-corrected chi connectivity index (χ3v) is 4.03. The molecule has 0 aliphatic carbocycles. The number of aryl methyl sites for hydroxylation is 2. The standard InChI is InChI=1S/C14H13BrCl2N2/c1-3-11-13(18-12(4-2)14(15)19-11)9-6-5-8(16)7-10(9)17/h5-7H,3-4H2,1-2H3. The first-order valence-corrected chi connectivity index (χ1v) is 7.62. The van der Waals surface area contributed by atoms with Crippen molar-refractivity contribution in [3.05, 3.63) is 44.2 Å². The number of nitrogens with zero attached hydrogens (tertiary/aromatic N) is 2. The van der Waals surface area contributed by atoms with Crippen molar-refractivity contribution < 1.29 is 0 Å². The zero-order valence-electron chi connectivity index (χ0n) is 10.7. The van der Waals surface area contributed by atoms with Gasteiger partial charge >= 0.3 is 0 Å². The Balaban J connectivity index is 2.66. The fraction of sp³-hybridized carbons (Fsp3) is 0.286. The van der Waals surface area contributed by atoms with Gasteiger partial charge in [-0.3, -0.25) is 0 Å².